The zero-order valence-electron chi connectivity index (χ0n) is 12.2. The lowest BCUT2D eigenvalue weighted by molar-refractivity contribution is -0.138. The quantitative estimate of drug-likeness (QED) is 0.427. The maximum absolute atomic E-state index is 11.5. The number of carbonyl (C=O) groups is 2. The van der Waals surface area contributed by atoms with Crippen LogP contribution in [0.15, 0.2) is 12.2 Å². The van der Waals surface area contributed by atoms with E-state index in [0.717, 1.165) is 12.8 Å². The molecule has 0 bridgehead atoms. The van der Waals surface area contributed by atoms with Crippen LogP contribution in [-0.2, 0) is 9.59 Å². The van der Waals surface area contributed by atoms with Crippen LogP contribution in [0.3, 0.4) is 0 Å². The Balaban J connectivity index is 3.47. The maximum atomic E-state index is 11.5. The Morgan fingerprint density at radius 3 is 2.55 bits per heavy atom. The number of carboxylic acids is 1. The van der Waals surface area contributed by atoms with Crippen molar-refractivity contribution >= 4 is 22.8 Å². The molecule has 20 heavy (non-hydrogen) atoms. The van der Waals surface area contributed by atoms with Gasteiger partial charge in [0.1, 0.15) is 0 Å². The molecule has 0 aliphatic heterocycles. The van der Waals surface area contributed by atoms with Crippen molar-refractivity contribution in [1.29, 1.82) is 0 Å². The first-order chi connectivity index (χ1) is 9.56. The fraction of sp³-hybridized carbons (Fsp3) is 0.733. The highest BCUT2D eigenvalue weighted by Gasteiger charge is 2.05. The molecule has 0 aromatic carbocycles. The highest BCUT2D eigenvalue weighted by Crippen LogP contribution is 2.12. The number of unbranched alkanes of at least 4 members (excludes halogenated alkanes) is 4. The van der Waals surface area contributed by atoms with Gasteiger partial charge in [0.25, 0.3) is 0 Å². The second kappa shape index (κ2) is 13.2. The summed E-state index contributed by atoms with van der Waals surface area (Å²) >= 11 is 1.32. The summed E-state index contributed by atoms with van der Waals surface area (Å²) in [6.45, 7) is 2.17. The minimum Gasteiger partial charge on any atom is -0.481 e. The molecule has 1 unspecified atom stereocenters. The summed E-state index contributed by atoms with van der Waals surface area (Å²) in [4.78, 5) is 21.8. The van der Waals surface area contributed by atoms with Crippen LogP contribution in [0.2, 0.25) is 0 Å². The molecular formula is C15H26O4S. The minimum absolute atomic E-state index is 0.223. The average Bonchev–Trinajstić information content (AvgIpc) is 2.37. The molecule has 0 radical (unpaired) electrons. The summed E-state index contributed by atoms with van der Waals surface area (Å²) in [5.74, 6) is -0.334. The summed E-state index contributed by atoms with van der Waals surface area (Å²) in [5.41, 5.74) is 0. The topological polar surface area (TPSA) is 74.6 Å². The smallest absolute Gasteiger partial charge is 0.306 e. The van der Waals surface area contributed by atoms with Gasteiger partial charge in [-0.25, -0.2) is 0 Å². The molecule has 0 rings (SSSR count). The van der Waals surface area contributed by atoms with Crippen LogP contribution in [0.1, 0.15) is 58.3 Å². The van der Waals surface area contributed by atoms with Crippen LogP contribution in [0.25, 0.3) is 0 Å². The number of carbonyl (C=O) groups excluding carboxylic acids is 1. The van der Waals surface area contributed by atoms with Gasteiger partial charge in [-0.15, -0.1) is 0 Å². The Morgan fingerprint density at radius 1 is 1.20 bits per heavy atom. The molecular weight excluding hydrogens is 276 g/mol. The van der Waals surface area contributed by atoms with Crippen molar-refractivity contribution in [3.63, 3.8) is 0 Å². The molecule has 0 saturated heterocycles. The molecule has 0 aliphatic carbocycles. The molecule has 0 aliphatic rings. The van der Waals surface area contributed by atoms with E-state index in [-0.39, 0.29) is 11.5 Å². The lowest BCUT2D eigenvalue weighted by atomic mass is 10.1. The van der Waals surface area contributed by atoms with Crippen LogP contribution in [0, 0.1) is 0 Å². The van der Waals surface area contributed by atoms with Crippen molar-refractivity contribution in [3.05, 3.63) is 12.2 Å². The SMILES string of the molecule is CCCCCCCC(=O)SCCC=CC(O)CC(=O)O. The van der Waals surface area contributed by atoms with Crippen LogP contribution < -0.4 is 0 Å². The van der Waals surface area contributed by atoms with Crippen molar-refractivity contribution in [2.75, 3.05) is 5.75 Å². The molecule has 0 amide bonds. The normalized spacial score (nSPS) is 12.7. The first-order valence-electron chi connectivity index (χ1n) is 7.28. The van der Waals surface area contributed by atoms with Gasteiger partial charge < -0.3 is 10.2 Å². The number of hydrogen-bond donors (Lipinski definition) is 2. The van der Waals surface area contributed by atoms with Crippen molar-refractivity contribution in [1.82, 2.24) is 0 Å². The fourth-order valence-corrected chi connectivity index (χ4v) is 2.46. The molecule has 0 aromatic heterocycles. The Morgan fingerprint density at radius 2 is 1.90 bits per heavy atom. The number of aliphatic hydroxyl groups excluding tert-OH is 1. The number of rotatable bonds is 12. The van der Waals surface area contributed by atoms with E-state index in [1.54, 1.807) is 6.08 Å². The molecule has 0 aromatic rings. The number of aliphatic carboxylic acids is 1. The first-order valence-corrected chi connectivity index (χ1v) is 8.27. The molecule has 116 valence electrons. The van der Waals surface area contributed by atoms with E-state index in [9.17, 15) is 14.7 Å². The van der Waals surface area contributed by atoms with Crippen LogP contribution in [0.4, 0.5) is 0 Å². The molecule has 4 nitrogen and oxygen atoms in total. The van der Waals surface area contributed by atoms with Gasteiger partial charge in [-0.1, -0.05) is 56.5 Å². The Hall–Kier alpha value is -0.810. The standard InChI is InChI=1S/C15H26O4S/c1-2-3-4-5-6-10-15(19)20-11-8-7-9-13(16)12-14(17)18/h7,9,13,16H,2-6,8,10-12H2,1H3,(H,17,18). The second-order valence-corrected chi connectivity index (χ2v) is 5.92. The summed E-state index contributed by atoms with van der Waals surface area (Å²) in [6.07, 6.45) is 9.06. The Bertz CT molecular complexity index is 302. The molecule has 5 heteroatoms. The van der Waals surface area contributed by atoms with E-state index < -0.39 is 12.1 Å². The van der Waals surface area contributed by atoms with Gasteiger partial charge in [-0.05, 0) is 12.8 Å². The zero-order chi connectivity index (χ0) is 15.2. The maximum Gasteiger partial charge on any atom is 0.306 e. The lowest BCUT2D eigenvalue weighted by Gasteiger charge is -2.01. The third-order valence-corrected chi connectivity index (χ3v) is 3.74. The van der Waals surface area contributed by atoms with Crippen LogP contribution >= 0.6 is 11.8 Å². The van der Waals surface area contributed by atoms with Gasteiger partial charge in [0.15, 0.2) is 5.12 Å². The van der Waals surface area contributed by atoms with Gasteiger partial charge in [-0.2, -0.15) is 0 Å². The van der Waals surface area contributed by atoms with Gasteiger partial charge >= 0.3 is 5.97 Å². The van der Waals surface area contributed by atoms with E-state index in [2.05, 4.69) is 6.92 Å². The predicted octanol–water partition coefficient (Wildman–Crippen LogP) is 3.39. The Kier molecular flexibility index (Phi) is 12.7. The van der Waals surface area contributed by atoms with Gasteiger partial charge in [0.2, 0.25) is 0 Å². The third-order valence-electron chi connectivity index (χ3n) is 2.77. The summed E-state index contributed by atoms with van der Waals surface area (Å²) in [7, 11) is 0. The van der Waals surface area contributed by atoms with Gasteiger partial charge in [0.05, 0.1) is 12.5 Å². The predicted molar refractivity (Wildman–Crippen MR) is 82.9 cm³/mol. The summed E-state index contributed by atoms with van der Waals surface area (Å²) in [5, 5.41) is 17.9. The highest BCUT2D eigenvalue weighted by molar-refractivity contribution is 8.13. The molecule has 0 heterocycles. The van der Waals surface area contributed by atoms with Crippen LogP contribution in [-0.4, -0.2) is 33.2 Å². The largest absolute Gasteiger partial charge is 0.481 e. The number of allylic oxidation sites excluding steroid dienone is 1. The number of aliphatic hydroxyl groups is 1. The van der Waals surface area contributed by atoms with E-state index in [0.29, 0.717) is 18.6 Å². The van der Waals surface area contributed by atoms with Gasteiger partial charge in [0, 0.05) is 12.2 Å². The summed E-state index contributed by atoms with van der Waals surface area (Å²) < 4.78 is 0. The number of carboxylic acid groups (broad SMARTS) is 1. The average molecular weight is 302 g/mol. The van der Waals surface area contributed by atoms with Crippen molar-refractivity contribution in [2.45, 2.75) is 64.4 Å². The molecule has 0 spiro atoms. The third kappa shape index (κ3) is 13.6. The van der Waals surface area contributed by atoms with E-state index in [1.807, 2.05) is 0 Å². The molecule has 0 saturated carbocycles. The van der Waals surface area contributed by atoms with Crippen molar-refractivity contribution in [2.24, 2.45) is 0 Å². The monoisotopic (exact) mass is 302 g/mol. The zero-order valence-corrected chi connectivity index (χ0v) is 13.0. The second-order valence-electron chi connectivity index (χ2n) is 4.77. The van der Waals surface area contributed by atoms with E-state index in [4.69, 9.17) is 5.11 Å². The van der Waals surface area contributed by atoms with Gasteiger partial charge in [-0.3, -0.25) is 9.59 Å². The highest BCUT2D eigenvalue weighted by atomic mass is 32.2. The van der Waals surface area contributed by atoms with E-state index in [1.165, 1.54) is 37.1 Å². The first kappa shape index (κ1) is 19.2. The Labute approximate surface area is 125 Å². The molecule has 2 N–H and O–H groups in total. The van der Waals surface area contributed by atoms with E-state index >= 15 is 0 Å². The fourth-order valence-electron chi connectivity index (χ4n) is 1.69. The lowest BCUT2D eigenvalue weighted by Crippen LogP contribution is -2.09. The molecule has 1 atom stereocenters. The minimum atomic E-state index is -1.02. The number of hydrogen-bond acceptors (Lipinski definition) is 4. The van der Waals surface area contributed by atoms with Crippen LogP contribution in [0.5, 0.6) is 0 Å². The van der Waals surface area contributed by atoms with Crippen molar-refractivity contribution < 1.29 is 19.8 Å². The van der Waals surface area contributed by atoms with Crippen molar-refractivity contribution in [3.8, 4) is 0 Å². The molecule has 0 fully saturated rings. The summed E-state index contributed by atoms with van der Waals surface area (Å²) in [6, 6.07) is 0. The number of thioether (sulfide) groups is 1.